The molecule has 0 aliphatic rings. The molecule has 0 saturated heterocycles. The first-order valence-electron chi connectivity index (χ1n) is 5.85. The molecule has 0 amide bonds. The van der Waals surface area contributed by atoms with Crippen molar-refractivity contribution >= 4 is 27.6 Å². The van der Waals surface area contributed by atoms with Crippen LogP contribution in [0.2, 0.25) is 5.02 Å². The van der Waals surface area contributed by atoms with E-state index in [1.807, 2.05) is 0 Å². The SMILES string of the molecule is CN(Cc1ccccc1Cl)S(=O)(=O)c1ccc(C(=O)O)o1. The molecule has 1 aromatic carbocycles. The van der Waals surface area contributed by atoms with Crippen LogP contribution >= 0.6 is 11.6 Å². The van der Waals surface area contributed by atoms with Gasteiger partial charge in [0.25, 0.3) is 10.0 Å². The van der Waals surface area contributed by atoms with Crippen molar-refractivity contribution in [1.82, 2.24) is 4.31 Å². The molecular formula is C13H12ClNO5S. The van der Waals surface area contributed by atoms with Gasteiger partial charge < -0.3 is 9.52 Å². The second-order valence-corrected chi connectivity index (χ2v) is 6.66. The second-order valence-electron chi connectivity index (χ2n) is 4.28. The zero-order valence-corrected chi connectivity index (χ0v) is 12.6. The van der Waals surface area contributed by atoms with Gasteiger partial charge in [0.05, 0.1) is 0 Å². The van der Waals surface area contributed by atoms with E-state index < -0.39 is 26.8 Å². The second kappa shape index (κ2) is 5.88. The maximum atomic E-state index is 12.3. The molecule has 0 aliphatic carbocycles. The lowest BCUT2D eigenvalue weighted by atomic mass is 10.2. The Balaban J connectivity index is 2.26. The highest BCUT2D eigenvalue weighted by atomic mass is 35.5. The summed E-state index contributed by atoms with van der Waals surface area (Å²) in [6, 6.07) is 9.06. The maximum absolute atomic E-state index is 12.3. The van der Waals surface area contributed by atoms with E-state index in [4.69, 9.17) is 21.1 Å². The Hall–Kier alpha value is -1.83. The first-order valence-corrected chi connectivity index (χ1v) is 7.67. The van der Waals surface area contributed by atoms with E-state index in [9.17, 15) is 13.2 Å². The van der Waals surface area contributed by atoms with Crippen molar-refractivity contribution in [2.75, 3.05) is 7.05 Å². The van der Waals surface area contributed by atoms with E-state index >= 15 is 0 Å². The summed E-state index contributed by atoms with van der Waals surface area (Å²) in [5.74, 6) is -1.76. The number of nitrogens with zero attached hydrogens (tertiary/aromatic N) is 1. The van der Waals surface area contributed by atoms with Crippen LogP contribution in [-0.4, -0.2) is 30.8 Å². The van der Waals surface area contributed by atoms with Gasteiger partial charge in [0.1, 0.15) is 0 Å². The van der Waals surface area contributed by atoms with Gasteiger partial charge in [-0.3, -0.25) is 0 Å². The van der Waals surface area contributed by atoms with Crippen LogP contribution in [0.15, 0.2) is 45.9 Å². The van der Waals surface area contributed by atoms with E-state index in [2.05, 4.69) is 0 Å². The number of halogens is 1. The predicted molar refractivity (Wildman–Crippen MR) is 75.8 cm³/mol. The van der Waals surface area contributed by atoms with Crippen molar-refractivity contribution in [2.45, 2.75) is 11.6 Å². The molecular weight excluding hydrogens is 318 g/mol. The standard InChI is InChI=1S/C13H12ClNO5S/c1-15(8-9-4-2-3-5-10(9)14)21(18,19)12-7-6-11(20-12)13(16)17/h2-7H,8H2,1H3,(H,16,17). The number of carboxylic acids is 1. The van der Waals surface area contributed by atoms with E-state index in [-0.39, 0.29) is 6.54 Å². The zero-order valence-electron chi connectivity index (χ0n) is 11.0. The van der Waals surface area contributed by atoms with Crippen molar-refractivity contribution in [3.63, 3.8) is 0 Å². The summed E-state index contributed by atoms with van der Waals surface area (Å²) < 4.78 is 30.4. The normalized spacial score (nSPS) is 11.8. The van der Waals surface area contributed by atoms with Gasteiger partial charge >= 0.3 is 5.97 Å². The summed E-state index contributed by atoms with van der Waals surface area (Å²) in [6.07, 6.45) is 0. The van der Waals surface area contributed by atoms with Crippen molar-refractivity contribution in [1.29, 1.82) is 0 Å². The first-order chi connectivity index (χ1) is 9.82. The van der Waals surface area contributed by atoms with Gasteiger partial charge in [0, 0.05) is 18.6 Å². The highest BCUT2D eigenvalue weighted by Crippen LogP contribution is 2.22. The average Bonchev–Trinajstić information content (AvgIpc) is 2.91. The topological polar surface area (TPSA) is 87.8 Å². The van der Waals surface area contributed by atoms with E-state index in [1.54, 1.807) is 24.3 Å². The lowest BCUT2D eigenvalue weighted by Crippen LogP contribution is -2.26. The average molecular weight is 330 g/mol. The zero-order chi connectivity index (χ0) is 15.6. The van der Waals surface area contributed by atoms with E-state index in [0.29, 0.717) is 10.6 Å². The van der Waals surface area contributed by atoms with Crippen molar-refractivity contribution < 1.29 is 22.7 Å². The quantitative estimate of drug-likeness (QED) is 0.910. The van der Waals surface area contributed by atoms with Crippen molar-refractivity contribution in [2.24, 2.45) is 0 Å². The summed E-state index contributed by atoms with van der Waals surface area (Å²) in [5.41, 5.74) is 0.634. The van der Waals surface area contributed by atoms with Crippen molar-refractivity contribution in [3.8, 4) is 0 Å². The van der Waals surface area contributed by atoms with Gasteiger partial charge in [0.15, 0.2) is 0 Å². The smallest absolute Gasteiger partial charge is 0.371 e. The molecule has 1 heterocycles. The number of aromatic carboxylic acids is 1. The van der Waals surface area contributed by atoms with Crippen LogP contribution in [0, 0.1) is 0 Å². The Morgan fingerprint density at radius 3 is 2.52 bits per heavy atom. The highest BCUT2D eigenvalue weighted by molar-refractivity contribution is 7.88. The minimum Gasteiger partial charge on any atom is -0.475 e. The van der Waals surface area contributed by atoms with Gasteiger partial charge in [-0.15, -0.1) is 0 Å². The van der Waals surface area contributed by atoms with Crippen LogP contribution < -0.4 is 0 Å². The van der Waals surface area contributed by atoms with Gasteiger partial charge in [-0.1, -0.05) is 29.8 Å². The third kappa shape index (κ3) is 3.26. The highest BCUT2D eigenvalue weighted by Gasteiger charge is 2.26. The largest absolute Gasteiger partial charge is 0.475 e. The number of benzene rings is 1. The summed E-state index contributed by atoms with van der Waals surface area (Å²) in [5, 5.41) is 8.78. The van der Waals surface area contributed by atoms with Crippen LogP contribution in [0.4, 0.5) is 0 Å². The number of hydrogen-bond acceptors (Lipinski definition) is 4. The van der Waals surface area contributed by atoms with Crippen LogP contribution in [0.25, 0.3) is 0 Å². The summed E-state index contributed by atoms with van der Waals surface area (Å²) in [7, 11) is -2.56. The molecule has 1 aromatic heterocycles. The molecule has 0 saturated carbocycles. The first kappa shape index (κ1) is 15.6. The molecule has 0 fully saturated rings. The minimum absolute atomic E-state index is 0.0467. The maximum Gasteiger partial charge on any atom is 0.371 e. The van der Waals surface area contributed by atoms with Crippen LogP contribution in [0.1, 0.15) is 16.1 Å². The minimum atomic E-state index is -3.92. The summed E-state index contributed by atoms with van der Waals surface area (Å²) >= 11 is 5.99. The molecule has 8 heteroatoms. The van der Waals surface area contributed by atoms with Gasteiger partial charge in [0.2, 0.25) is 10.9 Å². The monoisotopic (exact) mass is 329 g/mol. The number of hydrogen-bond donors (Lipinski definition) is 1. The van der Waals surface area contributed by atoms with Crippen LogP contribution in [0.3, 0.4) is 0 Å². The van der Waals surface area contributed by atoms with Crippen LogP contribution in [-0.2, 0) is 16.6 Å². The number of sulfonamides is 1. The fourth-order valence-corrected chi connectivity index (χ4v) is 2.93. The molecule has 0 bridgehead atoms. The molecule has 21 heavy (non-hydrogen) atoms. The molecule has 0 radical (unpaired) electrons. The molecule has 0 aliphatic heterocycles. The third-order valence-corrected chi connectivity index (χ3v) is 4.85. The summed E-state index contributed by atoms with van der Waals surface area (Å²) in [6.45, 7) is 0.0467. The molecule has 2 rings (SSSR count). The molecule has 0 spiro atoms. The molecule has 0 unspecified atom stereocenters. The lowest BCUT2D eigenvalue weighted by Gasteiger charge is -2.16. The Morgan fingerprint density at radius 2 is 1.95 bits per heavy atom. The Bertz CT molecular complexity index is 768. The van der Waals surface area contributed by atoms with Crippen LogP contribution in [0.5, 0.6) is 0 Å². The van der Waals surface area contributed by atoms with Gasteiger partial charge in [-0.05, 0) is 23.8 Å². The molecule has 2 aromatic rings. The van der Waals surface area contributed by atoms with Crippen molar-refractivity contribution in [3.05, 3.63) is 52.7 Å². The summed E-state index contributed by atoms with van der Waals surface area (Å²) in [4.78, 5) is 10.7. The number of carbonyl (C=O) groups is 1. The van der Waals surface area contributed by atoms with E-state index in [1.165, 1.54) is 7.05 Å². The predicted octanol–water partition coefficient (Wildman–Crippen LogP) is 2.45. The third-order valence-electron chi connectivity index (χ3n) is 2.81. The number of rotatable bonds is 5. The molecule has 6 nitrogen and oxygen atoms in total. The van der Waals surface area contributed by atoms with Gasteiger partial charge in [-0.25, -0.2) is 13.2 Å². The Morgan fingerprint density at radius 1 is 1.29 bits per heavy atom. The molecule has 112 valence electrons. The number of carboxylic acid groups (broad SMARTS) is 1. The molecule has 1 N–H and O–H groups in total. The number of furan rings is 1. The van der Waals surface area contributed by atoms with Gasteiger partial charge in [-0.2, -0.15) is 4.31 Å². The Kier molecular flexibility index (Phi) is 4.36. The lowest BCUT2D eigenvalue weighted by molar-refractivity contribution is 0.0656. The Labute approximate surface area is 126 Å². The van der Waals surface area contributed by atoms with E-state index in [0.717, 1.165) is 16.4 Å². The molecule has 0 atom stereocenters. The fourth-order valence-electron chi connectivity index (χ4n) is 1.68. The fraction of sp³-hybridized carbons (Fsp3) is 0.154.